The molecule has 0 spiro atoms. The van der Waals surface area contributed by atoms with Gasteiger partial charge in [0, 0.05) is 43.7 Å². The van der Waals surface area contributed by atoms with Gasteiger partial charge in [0.2, 0.25) is 5.91 Å². The molecule has 0 saturated carbocycles. The van der Waals surface area contributed by atoms with Crippen molar-refractivity contribution in [2.45, 2.75) is 45.3 Å². The summed E-state index contributed by atoms with van der Waals surface area (Å²) in [6.07, 6.45) is 4.69. The topological polar surface area (TPSA) is 99.3 Å². The lowest BCUT2D eigenvalue weighted by Gasteiger charge is -2.36. The first-order valence-electron chi connectivity index (χ1n) is 10.8. The van der Waals surface area contributed by atoms with E-state index in [2.05, 4.69) is 20.6 Å². The molecule has 2 atom stereocenters. The van der Waals surface area contributed by atoms with Gasteiger partial charge in [0.15, 0.2) is 5.82 Å². The number of likely N-dealkylation sites (tertiary alicyclic amines) is 1. The fourth-order valence-electron chi connectivity index (χ4n) is 4.37. The number of amides is 1. The third-order valence-corrected chi connectivity index (χ3v) is 6.31. The second-order valence-electron chi connectivity index (χ2n) is 8.47. The van der Waals surface area contributed by atoms with Gasteiger partial charge in [-0.3, -0.25) is 9.59 Å². The maximum absolute atomic E-state index is 12.1. The molecule has 0 radical (unpaired) electrons. The molecule has 2 aliphatic heterocycles. The summed E-state index contributed by atoms with van der Waals surface area (Å²) in [4.78, 5) is 33.0. The minimum atomic E-state index is -0.0893. The maximum atomic E-state index is 12.1. The number of fused-ring (bicyclic) bond motifs is 1. The number of nitrogens with one attached hydrogen (secondary N) is 3. The Morgan fingerprint density at radius 1 is 1.33 bits per heavy atom. The average Bonchev–Trinajstić information content (AvgIpc) is 2.75. The number of aromatic amines is 1. The molecule has 0 aliphatic carbocycles. The van der Waals surface area contributed by atoms with Crippen LogP contribution in [0, 0.1) is 12.8 Å². The van der Waals surface area contributed by atoms with Crippen LogP contribution in [-0.2, 0) is 9.53 Å². The minimum Gasteiger partial charge on any atom is -0.374 e. The fraction of sp³-hybridized carbons (Fsp3) is 0.591. The van der Waals surface area contributed by atoms with Crippen LogP contribution in [0.5, 0.6) is 0 Å². The van der Waals surface area contributed by atoms with Crippen LogP contribution >= 0.6 is 0 Å². The lowest BCUT2D eigenvalue weighted by atomic mass is 9.97. The summed E-state index contributed by atoms with van der Waals surface area (Å²) in [6.45, 7) is 7.48. The molecule has 162 valence electrons. The van der Waals surface area contributed by atoms with Crippen LogP contribution < -0.4 is 16.2 Å². The zero-order chi connectivity index (χ0) is 21.1. The van der Waals surface area contributed by atoms with Crippen molar-refractivity contribution in [1.82, 2.24) is 20.2 Å². The zero-order valence-electron chi connectivity index (χ0n) is 17.7. The zero-order valence-corrected chi connectivity index (χ0v) is 17.7. The second kappa shape index (κ2) is 9.14. The van der Waals surface area contributed by atoms with E-state index in [9.17, 15) is 9.59 Å². The maximum Gasteiger partial charge on any atom is 0.251 e. The van der Waals surface area contributed by atoms with E-state index in [4.69, 9.17) is 4.74 Å². The van der Waals surface area contributed by atoms with Crippen LogP contribution in [0.1, 0.15) is 31.7 Å². The number of hydrogen-bond acceptors (Lipinski definition) is 6. The Morgan fingerprint density at radius 2 is 2.13 bits per heavy atom. The molecule has 2 fully saturated rings. The highest BCUT2D eigenvalue weighted by molar-refractivity contribution is 5.88. The molecule has 0 unspecified atom stereocenters. The molecule has 30 heavy (non-hydrogen) atoms. The van der Waals surface area contributed by atoms with Gasteiger partial charge in [-0.15, -0.1) is 0 Å². The first-order valence-corrected chi connectivity index (χ1v) is 10.8. The van der Waals surface area contributed by atoms with E-state index in [1.54, 1.807) is 13.1 Å². The van der Waals surface area contributed by atoms with Gasteiger partial charge in [0.25, 0.3) is 5.56 Å². The summed E-state index contributed by atoms with van der Waals surface area (Å²) < 4.78 is 6.33. The highest BCUT2D eigenvalue weighted by atomic mass is 16.5. The van der Waals surface area contributed by atoms with Gasteiger partial charge in [0.05, 0.1) is 24.3 Å². The Labute approximate surface area is 176 Å². The van der Waals surface area contributed by atoms with E-state index >= 15 is 0 Å². The number of hydrogen-bond donors (Lipinski definition) is 3. The SMILES string of the molecule is CC(=O)N1CCC(CO[C@@H]2CNCC[C@H]2Nc2nccc3cc(C)c(=O)[nH]c23)CC1. The minimum absolute atomic E-state index is 0.0267. The molecule has 3 N–H and O–H groups in total. The number of ether oxygens (including phenoxy) is 1. The van der Waals surface area contributed by atoms with Crippen molar-refractivity contribution in [1.29, 1.82) is 0 Å². The Bertz CT molecular complexity index is 951. The molecule has 0 bridgehead atoms. The van der Waals surface area contributed by atoms with Crippen LogP contribution in [0.15, 0.2) is 23.1 Å². The van der Waals surface area contributed by atoms with Gasteiger partial charge in [-0.2, -0.15) is 0 Å². The Morgan fingerprint density at radius 3 is 2.90 bits per heavy atom. The monoisotopic (exact) mass is 413 g/mol. The third-order valence-electron chi connectivity index (χ3n) is 6.31. The summed E-state index contributed by atoms with van der Waals surface area (Å²) in [6, 6.07) is 3.92. The number of aryl methyl sites for hydroxylation is 1. The lowest BCUT2D eigenvalue weighted by Crippen LogP contribution is -2.50. The first-order chi connectivity index (χ1) is 14.5. The number of carbonyl (C=O) groups is 1. The third kappa shape index (κ3) is 4.65. The van der Waals surface area contributed by atoms with E-state index in [-0.39, 0.29) is 23.6 Å². The number of aromatic nitrogens is 2. The molecule has 2 aromatic rings. The quantitative estimate of drug-likeness (QED) is 0.689. The molecule has 2 aliphatic rings. The van der Waals surface area contributed by atoms with Crippen LogP contribution in [0.25, 0.3) is 10.9 Å². The van der Waals surface area contributed by atoms with E-state index in [0.717, 1.165) is 56.3 Å². The van der Waals surface area contributed by atoms with E-state index in [1.165, 1.54) is 0 Å². The smallest absolute Gasteiger partial charge is 0.251 e. The molecular weight excluding hydrogens is 382 g/mol. The van der Waals surface area contributed by atoms with E-state index < -0.39 is 0 Å². The molecule has 0 aromatic carbocycles. The summed E-state index contributed by atoms with van der Waals surface area (Å²) in [5.74, 6) is 1.34. The van der Waals surface area contributed by atoms with Gasteiger partial charge >= 0.3 is 0 Å². The van der Waals surface area contributed by atoms with Gasteiger partial charge in [0.1, 0.15) is 0 Å². The number of pyridine rings is 2. The van der Waals surface area contributed by atoms with E-state index in [0.29, 0.717) is 23.9 Å². The van der Waals surface area contributed by atoms with Crippen LogP contribution in [0.4, 0.5) is 5.82 Å². The summed E-state index contributed by atoms with van der Waals surface area (Å²) >= 11 is 0. The first kappa shape index (κ1) is 20.8. The number of H-pyrrole nitrogens is 1. The highest BCUT2D eigenvalue weighted by Crippen LogP contribution is 2.23. The molecule has 4 rings (SSSR count). The molecule has 8 nitrogen and oxygen atoms in total. The summed E-state index contributed by atoms with van der Waals surface area (Å²) in [7, 11) is 0. The Hall–Kier alpha value is -2.45. The van der Waals surface area contributed by atoms with Gasteiger partial charge in [-0.1, -0.05) is 0 Å². The predicted octanol–water partition coefficient (Wildman–Crippen LogP) is 1.65. The van der Waals surface area contributed by atoms with Crippen LogP contribution in [0.2, 0.25) is 0 Å². The number of rotatable bonds is 5. The largest absolute Gasteiger partial charge is 0.374 e. The Kier molecular flexibility index (Phi) is 6.34. The van der Waals surface area contributed by atoms with Gasteiger partial charge in [-0.05, 0) is 50.8 Å². The van der Waals surface area contributed by atoms with Crippen molar-refractivity contribution in [2.24, 2.45) is 5.92 Å². The van der Waals surface area contributed by atoms with Crippen molar-refractivity contribution in [3.63, 3.8) is 0 Å². The average molecular weight is 414 g/mol. The number of carbonyl (C=O) groups excluding carboxylic acids is 1. The second-order valence-corrected chi connectivity index (χ2v) is 8.47. The van der Waals surface area contributed by atoms with Crippen LogP contribution in [-0.4, -0.2) is 65.7 Å². The Balaban J connectivity index is 1.41. The fourth-order valence-corrected chi connectivity index (χ4v) is 4.37. The van der Waals surface area contributed by atoms with Crippen molar-refractivity contribution in [3.8, 4) is 0 Å². The normalized spacial score (nSPS) is 22.9. The molecule has 8 heteroatoms. The van der Waals surface area contributed by atoms with Crippen molar-refractivity contribution in [2.75, 3.05) is 38.1 Å². The van der Waals surface area contributed by atoms with E-state index in [1.807, 2.05) is 24.0 Å². The molecule has 1 amide bonds. The lowest BCUT2D eigenvalue weighted by molar-refractivity contribution is -0.130. The van der Waals surface area contributed by atoms with Crippen molar-refractivity contribution >= 4 is 22.6 Å². The van der Waals surface area contributed by atoms with Crippen molar-refractivity contribution < 1.29 is 9.53 Å². The van der Waals surface area contributed by atoms with Gasteiger partial charge < -0.3 is 25.3 Å². The molecule has 4 heterocycles. The molecular formula is C22H31N5O3. The standard InChI is InChI=1S/C22H31N5O3/c1-14-11-17-3-8-24-21(20(17)26-22(14)29)25-18-4-7-23-12-19(18)30-13-16-5-9-27(10-6-16)15(2)28/h3,8,11,16,18-19,23H,4-7,9-10,12-13H2,1-2H3,(H,24,25)(H,26,29)/t18-,19-/m1/s1. The summed E-state index contributed by atoms with van der Waals surface area (Å²) in [5.41, 5.74) is 1.34. The molecule has 2 saturated heterocycles. The number of piperidine rings is 2. The van der Waals surface area contributed by atoms with Crippen LogP contribution in [0.3, 0.4) is 0 Å². The number of nitrogens with zero attached hydrogens (tertiary/aromatic N) is 2. The number of anilines is 1. The summed E-state index contributed by atoms with van der Waals surface area (Å²) in [5, 5.41) is 7.92. The highest BCUT2D eigenvalue weighted by Gasteiger charge is 2.28. The predicted molar refractivity (Wildman–Crippen MR) is 117 cm³/mol. The molecule has 2 aromatic heterocycles. The van der Waals surface area contributed by atoms with Crippen molar-refractivity contribution in [3.05, 3.63) is 34.2 Å². The van der Waals surface area contributed by atoms with Gasteiger partial charge in [-0.25, -0.2) is 4.98 Å².